The van der Waals surface area contributed by atoms with E-state index in [2.05, 4.69) is 0 Å². The molecule has 0 unspecified atom stereocenters. The van der Waals surface area contributed by atoms with Crippen LogP contribution in [0.4, 0.5) is 0 Å². The van der Waals surface area contributed by atoms with Crippen molar-refractivity contribution < 1.29 is 90.0 Å². The Morgan fingerprint density at radius 2 is 1.21 bits per heavy atom. The Bertz CT molecular complexity index is 307. The van der Waals surface area contributed by atoms with Crippen LogP contribution >= 0.6 is 0 Å². The van der Waals surface area contributed by atoms with E-state index in [-0.39, 0.29) is 81.4 Å². The van der Waals surface area contributed by atoms with E-state index in [1.165, 1.54) is 12.1 Å². The molecule has 0 bridgehead atoms. The van der Waals surface area contributed by atoms with E-state index < -0.39 is 11.9 Å². The van der Waals surface area contributed by atoms with Crippen molar-refractivity contribution in [2.75, 3.05) is 0 Å². The predicted octanol–water partition coefficient (Wildman–Crippen LogP) is -7.58. The Morgan fingerprint density at radius 1 is 0.929 bits per heavy atom. The van der Waals surface area contributed by atoms with Crippen molar-refractivity contribution in [1.29, 1.82) is 0 Å². The number of hydrogen-bond donors (Lipinski definition) is 0. The molecule has 6 heteroatoms. The largest absolute Gasteiger partial charge is 1.00 e. The fourth-order valence-electron chi connectivity index (χ4n) is 0.839. The molecule has 0 saturated heterocycles. The van der Waals surface area contributed by atoms with Gasteiger partial charge in [-0.25, -0.2) is 0 Å². The van der Waals surface area contributed by atoms with Crippen LogP contribution in [0.1, 0.15) is 20.7 Å². The Balaban J connectivity index is 0. The van der Waals surface area contributed by atoms with Crippen molar-refractivity contribution in [2.45, 2.75) is 0 Å². The van der Waals surface area contributed by atoms with Gasteiger partial charge in [-0.3, -0.25) is 0 Å². The molecular weight excluding hydrogens is 206 g/mol. The van der Waals surface area contributed by atoms with Crippen molar-refractivity contribution in [3.05, 3.63) is 35.4 Å². The summed E-state index contributed by atoms with van der Waals surface area (Å²) in [7, 11) is 0. The second-order valence-electron chi connectivity index (χ2n) is 2.12. The van der Waals surface area contributed by atoms with Gasteiger partial charge in [0.2, 0.25) is 0 Å². The van der Waals surface area contributed by atoms with Gasteiger partial charge >= 0.3 is 70.2 Å². The van der Waals surface area contributed by atoms with Gasteiger partial charge in [0.1, 0.15) is 0 Å². The average molecular weight is 210 g/mol. The van der Waals surface area contributed by atoms with Gasteiger partial charge in [0.25, 0.3) is 0 Å². The first-order chi connectivity index (χ1) is 5.63. The standard InChI is InChI=1S/C8H6O4.K.Li/c9-7(10)5-3-1-2-4-6(5)8(11)12;;/h1-4H,(H,9,10)(H,11,12);;/q;2*+1/p-2. The fourth-order valence-corrected chi connectivity index (χ4v) is 0.839. The smallest absolute Gasteiger partial charge is 0.545 e. The Kier molecular flexibility index (Phi) is 9.19. The SMILES string of the molecule is O=C([O-])c1ccccc1C(=O)[O-].[K+].[Li+]. The zero-order chi connectivity index (χ0) is 9.14. The van der Waals surface area contributed by atoms with Crippen molar-refractivity contribution in [1.82, 2.24) is 0 Å². The van der Waals surface area contributed by atoms with E-state index in [0.29, 0.717) is 0 Å². The number of carbonyl (C=O) groups is 2. The second-order valence-corrected chi connectivity index (χ2v) is 2.12. The molecule has 0 atom stereocenters. The normalized spacial score (nSPS) is 8.00. The molecule has 0 aliphatic heterocycles. The van der Waals surface area contributed by atoms with E-state index >= 15 is 0 Å². The molecular formula is C8H4KLiO4. The molecule has 1 aromatic rings. The summed E-state index contributed by atoms with van der Waals surface area (Å²) in [6.45, 7) is 0. The molecule has 4 nitrogen and oxygen atoms in total. The molecule has 1 rings (SSSR count). The molecule has 1 aromatic carbocycles. The molecule has 0 radical (unpaired) electrons. The van der Waals surface area contributed by atoms with Crippen molar-refractivity contribution >= 4 is 11.9 Å². The first-order valence-corrected chi connectivity index (χ1v) is 3.14. The predicted molar refractivity (Wildman–Crippen MR) is 35.1 cm³/mol. The monoisotopic (exact) mass is 210 g/mol. The molecule has 0 fully saturated rings. The maximum atomic E-state index is 10.3. The molecule has 0 spiro atoms. The van der Waals surface area contributed by atoms with Gasteiger partial charge in [0.05, 0.1) is 11.9 Å². The molecule has 0 N–H and O–H groups in total. The maximum Gasteiger partial charge on any atom is 1.00 e. The van der Waals surface area contributed by atoms with Gasteiger partial charge in [-0.15, -0.1) is 0 Å². The number of aromatic carboxylic acids is 2. The van der Waals surface area contributed by atoms with E-state index in [0.717, 1.165) is 12.1 Å². The third kappa shape index (κ3) is 4.28. The van der Waals surface area contributed by atoms with Gasteiger partial charge in [-0.05, 0) is 0 Å². The minimum absolute atomic E-state index is 0. The summed E-state index contributed by atoms with van der Waals surface area (Å²) in [5.74, 6) is -3.04. The van der Waals surface area contributed by atoms with Crippen molar-refractivity contribution in [3.8, 4) is 0 Å². The topological polar surface area (TPSA) is 80.3 Å². The number of carboxylic acids is 2. The molecule has 14 heavy (non-hydrogen) atoms. The third-order valence-electron chi connectivity index (χ3n) is 1.37. The van der Waals surface area contributed by atoms with Gasteiger partial charge in [0, 0.05) is 11.1 Å². The van der Waals surface area contributed by atoms with E-state index in [4.69, 9.17) is 0 Å². The fraction of sp³-hybridized carbons (Fsp3) is 0. The zero-order valence-electron chi connectivity index (χ0n) is 7.94. The Labute approximate surface area is 135 Å². The van der Waals surface area contributed by atoms with Crippen LogP contribution in [0.3, 0.4) is 0 Å². The molecule has 62 valence electrons. The number of rotatable bonds is 2. The molecule has 0 aliphatic rings. The minimum atomic E-state index is -1.52. The maximum absolute atomic E-state index is 10.3. The first-order valence-electron chi connectivity index (χ1n) is 3.14. The third-order valence-corrected chi connectivity index (χ3v) is 1.37. The van der Waals surface area contributed by atoms with Crippen LogP contribution in [0.25, 0.3) is 0 Å². The quantitative estimate of drug-likeness (QED) is 0.454. The van der Waals surface area contributed by atoms with Gasteiger partial charge in [-0.2, -0.15) is 0 Å². The van der Waals surface area contributed by atoms with Crippen LogP contribution in [0.5, 0.6) is 0 Å². The molecule has 0 saturated carbocycles. The zero-order valence-corrected chi connectivity index (χ0v) is 11.1. The summed E-state index contributed by atoms with van der Waals surface area (Å²) < 4.78 is 0. The van der Waals surface area contributed by atoms with Crippen LogP contribution < -0.4 is 80.5 Å². The second kappa shape index (κ2) is 7.66. The van der Waals surface area contributed by atoms with E-state index in [1.807, 2.05) is 0 Å². The number of hydrogen-bond acceptors (Lipinski definition) is 4. The van der Waals surface area contributed by atoms with Crippen LogP contribution in [-0.2, 0) is 0 Å². The summed E-state index contributed by atoms with van der Waals surface area (Å²) in [6, 6.07) is 5.14. The number of carbonyl (C=O) groups excluding carboxylic acids is 2. The summed E-state index contributed by atoms with van der Waals surface area (Å²) in [5, 5.41) is 20.6. The van der Waals surface area contributed by atoms with Crippen LogP contribution in [-0.4, -0.2) is 11.9 Å². The molecule has 0 heterocycles. The van der Waals surface area contributed by atoms with Gasteiger partial charge in [0.15, 0.2) is 0 Å². The molecule has 0 amide bonds. The molecule has 0 aliphatic carbocycles. The summed E-state index contributed by atoms with van der Waals surface area (Å²) in [4.78, 5) is 20.6. The van der Waals surface area contributed by atoms with Crippen LogP contribution in [0, 0.1) is 0 Å². The van der Waals surface area contributed by atoms with Gasteiger partial charge < -0.3 is 19.8 Å². The summed E-state index contributed by atoms with van der Waals surface area (Å²) in [5.41, 5.74) is -0.727. The Hall–Kier alpha value is 0.394. The van der Waals surface area contributed by atoms with Gasteiger partial charge in [-0.1, -0.05) is 24.3 Å². The van der Waals surface area contributed by atoms with E-state index in [9.17, 15) is 19.8 Å². The van der Waals surface area contributed by atoms with Crippen molar-refractivity contribution in [2.24, 2.45) is 0 Å². The van der Waals surface area contributed by atoms with Crippen molar-refractivity contribution in [3.63, 3.8) is 0 Å². The molecule has 0 aromatic heterocycles. The summed E-state index contributed by atoms with van der Waals surface area (Å²) >= 11 is 0. The minimum Gasteiger partial charge on any atom is -0.545 e. The Morgan fingerprint density at radius 3 is 1.43 bits per heavy atom. The number of carboxylic acid groups (broad SMARTS) is 2. The van der Waals surface area contributed by atoms with Crippen LogP contribution in [0.15, 0.2) is 24.3 Å². The number of benzene rings is 1. The summed E-state index contributed by atoms with van der Waals surface area (Å²) in [6.07, 6.45) is 0. The van der Waals surface area contributed by atoms with Crippen LogP contribution in [0.2, 0.25) is 0 Å². The van der Waals surface area contributed by atoms with E-state index in [1.54, 1.807) is 0 Å². The first kappa shape index (κ1) is 16.8. The average Bonchev–Trinajstić information content (AvgIpc) is 2.04.